The minimum Gasteiger partial charge on any atom is -0.543 e. The van der Waals surface area contributed by atoms with Crippen molar-refractivity contribution < 1.29 is 23.9 Å². The van der Waals surface area contributed by atoms with E-state index in [9.17, 15) is 9.59 Å². The second kappa shape index (κ2) is 6.59. The first-order valence-electron chi connectivity index (χ1n) is 8.23. The Kier molecular flexibility index (Phi) is 5.08. The molecule has 1 aromatic carbocycles. The molecule has 132 valence electrons. The number of benzene rings is 1. The quantitative estimate of drug-likeness (QED) is 0.492. The molecule has 0 amide bonds. The van der Waals surface area contributed by atoms with Crippen molar-refractivity contribution >= 4 is 20.3 Å². The molecular formula is C18H26O5Si. The van der Waals surface area contributed by atoms with Crippen molar-refractivity contribution in [2.75, 3.05) is 0 Å². The summed E-state index contributed by atoms with van der Waals surface area (Å²) in [5.74, 6) is -0.689. The molecule has 0 aromatic heterocycles. The SMILES string of the molecule is CC(C)(C)[Si](C)(C)Oc1ccc(OC(=O)C2CC(C(=O)O)C2)cc1. The smallest absolute Gasteiger partial charge is 0.314 e. The Bertz CT molecular complexity index is 609. The maximum Gasteiger partial charge on any atom is 0.314 e. The fraction of sp³-hybridized carbons (Fsp3) is 0.556. The highest BCUT2D eigenvalue weighted by Gasteiger charge is 2.40. The van der Waals surface area contributed by atoms with E-state index in [4.69, 9.17) is 14.3 Å². The Morgan fingerprint density at radius 2 is 1.54 bits per heavy atom. The second-order valence-corrected chi connectivity index (χ2v) is 12.7. The zero-order chi connectivity index (χ0) is 18.1. The van der Waals surface area contributed by atoms with E-state index in [2.05, 4.69) is 33.9 Å². The van der Waals surface area contributed by atoms with Crippen molar-refractivity contribution in [3.05, 3.63) is 24.3 Å². The lowest BCUT2D eigenvalue weighted by atomic mass is 9.75. The number of rotatable bonds is 5. The largest absolute Gasteiger partial charge is 0.543 e. The summed E-state index contributed by atoms with van der Waals surface area (Å²) >= 11 is 0. The number of carbonyl (C=O) groups excluding carboxylic acids is 1. The summed E-state index contributed by atoms with van der Waals surface area (Å²) in [6.07, 6.45) is 0.724. The molecule has 0 unspecified atom stereocenters. The molecule has 6 heteroatoms. The lowest BCUT2D eigenvalue weighted by Gasteiger charge is -2.36. The van der Waals surface area contributed by atoms with Gasteiger partial charge in [0.25, 0.3) is 0 Å². The topological polar surface area (TPSA) is 72.8 Å². The molecule has 1 aliphatic rings. The highest BCUT2D eigenvalue weighted by atomic mass is 28.4. The van der Waals surface area contributed by atoms with E-state index in [0.717, 1.165) is 5.75 Å². The molecule has 1 aliphatic carbocycles. The van der Waals surface area contributed by atoms with E-state index in [0.29, 0.717) is 18.6 Å². The molecule has 1 N–H and O–H groups in total. The van der Waals surface area contributed by atoms with E-state index in [1.165, 1.54) is 0 Å². The molecular weight excluding hydrogens is 324 g/mol. The molecule has 2 rings (SSSR count). The van der Waals surface area contributed by atoms with Gasteiger partial charge in [-0.15, -0.1) is 0 Å². The predicted molar refractivity (Wildman–Crippen MR) is 93.8 cm³/mol. The molecule has 5 nitrogen and oxygen atoms in total. The molecule has 1 saturated carbocycles. The van der Waals surface area contributed by atoms with Gasteiger partial charge in [0.2, 0.25) is 8.32 Å². The highest BCUT2D eigenvalue weighted by Crippen LogP contribution is 2.38. The Balaban J connectivity index is 1.91. The lowest BCUT2D eigenvalue weighted by Crippen LogP contribution is -2.43. The normalized spacial score (nSPS) is 20.9. The van der Waals surface area contributed by atoms with Gasteiger partial charge in [0.15, 0.2) is 0 Å². The van der Waals surface area contributed by atoms with Crippen LogP contribution in [0, 0.1) is 11.8 Å². The van der Waals surface area contributed by atoms with Crippen LogP contribution in [0.5, 0.6) is 11.5 Å². The molecule has 24 heavy (non-hydrogen) atoms. The van der Waals surface area contributed by atoms with Crippen LogP contribution >= 0.6 is 0 Å². The van der Waals surface area contributed by atoms with Gasteiger partial charge in [-0.05, 0) is 55.2 Å². The van der Waals surface area contributed by atoms with Crippen molar-refractivity contribution in [2.45, 2.75) is 51.7 Å². The first-order valence-corrected chi connectivity index (χ1v) is 11.1. The minimum atomic E-state index is -1.89. The van der Waals surface area contributed by atoms with Crippen molar-refractivity contribution in [2.24, 2.45) is 11.8 Å². The van der Waals surface area contributed by atoms with Gasteiger partial charge in [-0.2, -0.15) is 0 Å². The molecule has 1 aromatic rings. The van der Waals surface area contributed by atoms with Gasteiger partial charge in [-0.3, -0.25) is 9.59 Å². The average molecular weight is 350 g/mol. The van der Waals surface area contributed by atoms with Crippen LogP contribution < -0.4 is 9.16 Å². The monoisotopic (exact) mass is 350 g/mol. The Morgan fingerprint density at radius 3 is 2.00 bits per heavy atom. The average Bonchev–Trinajstić information content (AvgIpc) is 2.37. The summed E-state index contributed by atoms with van der Waals surface area (Å²) in [4.78, 5) is 22.7. The fourth-order valence-electron chi connectivity index (χ4n) is 2.23. The number of aliphatic carboxylic acids is 1. The van der Waals surface area contributed by atoms with Crippen molar-refractivity contribution in [1.82, 2.24) is 0 Å². The summed E-state index contributed by atoms with van der Waals surface area (Å²) in [7, 11) is -1.89. The van der Waals surface area contributed by atoms with Gasteiger partial charge < -0.3 is 14.3 Å². The van der Waals surface area contributed by atoms with E-state index in [-0.39, 0.29) is 16.9 Å². The summed E-state index contributed by atoms with van der Waals surface area (Å²) in [6.45, 7) is 10.9. The van der Waals surface area contributed by atoms with Gasteiger partial charge in [0.05, 0.1) is 11.8 Å². The maximum absolute atomic E-state index is 12.0. The van der Waals surface area contributed by atoms with E-state index < -0.39 is 20.2 Å². The molecule has 0 spiro atoms. The Labute approximate surface area is 144 Å². The van der Waals surface area contributed by atoms with Crippen molar-refractivity contribution in [3.8, 4) is 11.5 Å². The van der Waals surface area contributed by atoms with Crippen LogP contribution in [0.1, 0.15) is 33.6 Å². The van der Waals surface area contributed by atoms with Crippen LogP contribution in [0.2, 0.25) is 18.1 Å². The number of hydrogen-bond donors (Lipinski definition) is 1. The van der Waals surface area contributed by atoms with E-state index in [1.54, 1.807) is 12.1 Å². The zero-order valence-electron chi connectivity index (χ0n) is 15.0. The van der Waals surface area contributed by atoms with Gasteiger partial charge in [0.1, 0.15) is 11.5 Å². The second-order valence-electron chi connectivity index (χ2n) is 7.96. The van der Waals surface area contributed by atoms with Gasteiger partial charge in [0, 0.05) is 0 Å². The lowest BCUT2D eigenvalue weighted by molar-refractivity contribution is -0.152. The Morgan fingerprint density at radius 1 is 1.04 bits per heavy atom. The number of hydrogen-bond acceptors (Lipinski definition) is 4. The van der Waals surface area contributed by atoms with Crippen LogP contribution in [-0.4, -0.2) is 25.4 Å². The number of carboxylic acids is 1. The maximum atomic E-state index is 12.0. The molecule has 0 aliphatic heterocycles. The van der Waals surface area contributed by atoms with E-state index in [1.807, 2.05) is 12.1 Å². The minimum absolute atomic E-state index is 0.114. The number of carbonyl (C=O) groups is 2. The van der Waals surface area contributed by atoms with Crippen LogP contribution in [0.25, 0.3) is 0 Å². The zero-order valence-corrected chi connectivity index (χ0v) is 16.0. The summed E-state index contributed by atoms with van der Waals surface area (Å²) in [5, 5.41) is 8.95. The highest BCUT2D eigenvalue weighted by molar-refractivity contribution is 6.74. The molecule has 0 bridgehead atoms. The number of esters is 1. The van der Waals surface area contributed by atoms with Gasteiger partial charge in [-0.1, -0.05) is 20.8 Å². The molecule has 0 radical (unpaired) electrons. The van der Waals surface area contributed by atoms with Gasteiger partial charge >= 0.3 is 11.9 Å². The molecule has 0 atom stereocenters. The van der Waals surface area contributed by atoms with Crippen LogP contribution in [-0.2, 0) is 9.59 Å². The molecule has 0 heterocycles. The van der Waals surface area contributed by atoms with Crippen molar-refractivity contribution in [3.63, 3.8) is 0 Å². The molecule has 0 saturated heterocycles. The van der Waals surface area contributed by atoms with Crippen molar-refractivity contribution in [1.29, 1.82) is 0 Å². The third-order valence-corrected chi connectivity index (χ3v) is 9.40. The fourth-order valence-corrected chi connectivity index (χ4v) is 3.27. The molecule has 1 fully saturated rings. The van der Waals surface area contributed by atoms with E-state index >= 15 is 0 Å². The van der Waals surface area contributed by atoms with Gasteiger partial charge in [-0.25, -0.2) is 0 Å². The van der Waals surface area contributed by atoms with Crippen LogP contribution in [0.3, 0.4) is 0 Å². The first-order chi connectivity index (χ1) is 11.0. The standard InChI is InChI=1S/C18H26O5Si/c1-18(2,3)24(4,5)23-15-8-6-14(7-9-15)22-17(21)13-10-12(11-13)16(19)20/h6-9,12-13H,10-11H2,1-5H3,(H,19,20). The predicted octanol–water partition coefficient (Wildman–Crippen LogP) is 4.09. The Hall–Kier alpha value is -1.82. The third-order valence-electron chi connectivity index (χ3n) is 5.04. The van der Waals surface area contributed by atoms with Crippen LogP contribution in [0.4, 0.5) is 0 Å². The first kappa shape index (κ1) is 18.5. The third kappa shape index (κ3) is 4.17. The number of carboxylic acid groups (broad SMARTS) is 1. The van der Waals surface area contributed by atoms with Crippen LogP contribution in [0.15, 0.2) is 24.3 Å². The summed E-state index contributed by atoms with van der Waals surface area (Å²) in [5.41, 5.74) is 0. The number of ether oxygens (including phenoxy) is 1. The summed E-state index contributed by atoms with van der Waals surface area (Å²) < 4.78 is 11.5. The summed E-state index contributed by atoms with van der Waals surface area (Å²) in [6, 6.07) is 7.05.